The molecule has 1 aromatic rings. The Labute approximate surface area is 104 Å². The van der Waals surface area contributed by atoms with Gasteiger partial charge < -0.3 is 10.1 Å². The molecule has 2 heteroatoms. The summed E-state index contributed by atoms with van der Waals surface area (Å²) in [4.78, 5) is 0. The second kappa shape index (κ2) is 4.79. The highest BCUT2D eigenvalue weighted by atomic mass is 16.5. The lowest BCUT2D eigenvalue weighted by molar-refractivity contribution is -0.0287. The summed E-state index contributed by atoms with van der Waals surface area (Å²) >= 11 is 0. The van der Waals surface area contributed by atoms with Crippen LogP contribution in [0.25, 0.3) is 0 Å². The number of hydrogen-bond donors (Lipinski definition) is 1. The molecule has 0 aliphatic carbocycles. The van der Waals surface area contributed by atoms with Crippen LogP contribution < -0.4 is 5.32 Å². The Morgan fingerprint density at radius 2 is 1.76 bits per heavy atom. The van der Waals surface area contributed by atoms with Gasteiger partial charge in [-0.25, -0.2) is 0 Å². The van der Waals surface area contributed by atoms with Crippen LogP contribution in [0.1, 0.15) is 44.9 Å². The highest BCUT2D eigenvalue weighted by Gasteiger charge is 2.21. The van der Waals surface area contributed by atoms with Gasteiger partial charge in [0.25, 0.3) is 0 Å². The molecule has 0 bridgehead atoms. The van der Waals surface area contributed by atoms with E-state index in [2.05, 4.69) is 57.3 Å². The summed E-state index contributed by atoms with van der Waals surface area (Å²) in [6, 6.07) is 8.84. The molecule has 1 aliphatic heterocycles. The minimum atomic E-state index is 0.202. The van der Waals surface area contributed by atoms with Crippen LogP contribution >= 0.6 is 0 Å². The molecule has 17 heavy (non-hydrogen) atoms. The maximum Gasteiger partial charge on any atom is 0.0953 e. The Hall–Kier alpha value is -0.860. The van der Waals surface area contributed by atoms with Gasteiger partial charge in [-0.05, 0) is 23.5 Å². The van der Waals surface area contributed by atoms with E-state index in [9.17, 15) is 0 Å². The molecular weight excluding hydrogens is 210 g/mol. The predicted octanol–water partition coefficient (Wildman–Crippen LogP) is 3.03. The van der Waals surface area contributed by atoms with E-state index < -0.39 is 0 Å². The van der Waals surface area contributed by atoms with Crippen LogP contribution in [0.5, 0.6) is 0 Å². The van der Waals surface area contributed by atoms with Gasteiger partial charge >= 0.3 is 0 Å². The normalized spacial score (nSPS) is 25.9. The van der Waals surface area contributed by atoms with Gasteiger partial charge in [-0.15, -0.1) is 0 Å². The molecular formula is C15H23NO. The lowest BCUT2D eigenvalue weighted by Gasteiger charge is -2.29. The summed E-state index contributed by atoms with van der Waals surface area (Å²) in [6.45, 7) is 10.7. The second-order valence-electron chi connectivity index (χ2n) is 5.97. The molecule has 0 aromatic heterocycles. The molecule has 1 N–H and O–H groups in total. The molecule has 2 atom stereocenters. The number of benzene rings is 1. The quantitative estimate of drug-likeness (QED) is 0.805. The third-order valence-electron chi connectivity index (χ3n) is 3.31. The molecule has 2 nitrogen and oxygen atoms in total. The highest BCUT2D eigenvalue weighted by molar-refractivity contribution is 5.29. The van der Waals surface area contributed by atoms with Gasteiger partial charge in [-0.1, -0.05) is 45.0 Å². The average molecular weight is 233 g/mol. The minimum Gasteiger partial charge on any atom is -0.368 e. The molecule has 1 aromatic carbocycles. The molecule has 1 aliphatic rings. The minimum absolute atomic E-state index is 0.202. The first kappa shape index (κ1) is 12.6. The fourth-order valence-electron chi connectivity index (χ4n) is 2.19. The Morgan fingerprint density at radius 1 is 1.12 bits per heavy atom. The van der Waals surface area contributed by atoms with Crippen molar-refractivity contribution < 1.29 is 4.74 Å². The largest absolute Gasteiger partial charge is 0.368 e. The zero-order valence-electron chi connectivity index (χ0n) is 11.3. The van der Waals surface area contributed by atoms with E-state index in [4.69, 9.17) is 4.74 Å². The first-order valence-electron chi connectivity index (χ1n) is 6.43. The van der Waals surface area contributed by atoms with E-state index in [1.807, 2.05) is 0 Å². The van der Waals surface area contributed by atoms with Gasteiger partial charge in [0, 0.05) is 13.1 Å². The zero-order chi connectivity index (χ0) is 12.5. The lowest BCUT2D eigenvalue weighted by atomic mass is 9.86. The Morgan fingerprint density at radius 3 is 2.29 bits per heavy atom. The van der Waals surface area contributed by atoms with Crippen LogP contribution in [0.3, 0.4) is 0 Å². The van der Waals surface area contributed by atoms with Crippen LogP contribution in [-0.4, -0.2) is 19.2 Å². The van der Waals surface area contributed by atoms with Crippen molar-refractivity contribution in [2.24, 2.45) is 0 Å². The Bertz CT molecular complexity index is 364. The van der Waals surface area contributed by atoms with Crippen molar-refractivity contribution in [2.75, 3.05) is 13.1 Å². The monoisotopic (exact) mass is 233 g/mol. The summed E-state index contributed by atoms with van der Waals surface area (Å²) in [7, 11) is 0. The van der Waals surface area contributed by atoms with Crippen molar-refractivity contribution >= 4 is 0 Å². The number of hydrogen-bond acceptors (Lipinski definition) is 2. The average Bonchev–Trinajstić information content (AvgIpc) is 2.28. The summed E-state index contributed by atoms with van der Waals surface area (Å²) in [5, 5.41) is 3.40. The van der Waals surface area contributed by atoms with Crippen LogP contribution in [0.15, 0.2) is 24.3 Å². The Balaban J connectivity index is 2.12. The van der Waals surface area contributed by atoms with E-state index in [0.29, 0.717) is 6.10 Å². The molecule has 94 valence electrons. The summed E-state index contributed by atoms with van der Waals surface area (Å²) < 4.78 is 5.94. The molecule has 2 rings (SSSR count). The molecule has 0 radical (unpaired) electrons. The molecule has 1 fully saturated rings. The first-order valence-corrected chi connectivity index (χ1v) is 6.43. The van der Waals surface area contributed by atoms with Crippen molar-refractivity contribution in [3.8, 4) is 0 Å². The van der Waals surface area contributed by atoms with Gasteiger partial charge in [0.1, 0.15) is 0 Å². The van der Waals surface area contributed by atoms with Crippen molar-refractivity contribution in [3.05, 3.63) is 35.4 Å². The van der Waals surface area contributed by atoms with Gasteiger partial charge in [0.2, 0.25) is 0 Å². The van der Waals surface area contributed by atoms with E-state index in [0.717, 1.165) is 13.1 Å². The third kappa shape index (κ3) is 3.08. The van der Waals surface area contributed by atoms with Gasteiger partial charge in [0.15, 0.2) is 0 Å². The smallest absolute Gasteiger partial charge is 0.0953 e. The van der Waals surface area contributed by atoms with Gasteiger partial charge in [-0.3, -0.25) is 0 Å². The van der Waals surface area contributed by atoms with Crippen LogP contribution in [0.2, 0.25) is 0 Å². The van der Waals surface area contributed by atoms with E-state index >= 15 is 0 Å². The first-order chi connectivity index (χ1) is 7.97. The maximum absolute atomic E-state index is 5.94. The van der Waals surface area contributed by atoms with Crippen LogP contribution in [0, 0.1) is 0 Å². The summed E-state index contributed by atoms with van der Waals surface area (Å²) in [5.74, 6) is 0. The highest BCUT2D eigenvalue weighted by Crippen LogP contribution is 2.26. The SMILES string of the molecule is CC1CNCC(c2ccc(C(C)(C)C)cc2)O1. The maximum atomic E-state index is 5.94. The number of ether oxygens (including phenoxy) is 1. The number of nitrogens with one attached hydrogen (secondary N) is 1. The van der Waals surface area contributed by atoms with Crippen molar-refractivity contribution in [1.82, 2.24) is 5.32 Å². The lowest BCUT2D eigenvalue weighted by Crippen LogP contribution is -2.38. The number of morpholine rings is 1. The molecule has 1 saturated heterocycles. The van der Waals surface area contributed by atoms with Gasteiger partial charge in [0.05, 0.1) is 12.2 Å². The van der Waals surface area contributed by atoms with E-state index in [1.54, 1.807) is 0 Å². The predicted molar refractivity (Wildman–Crippen MR) is 71.3 cm³/mol. The summed E-state index contributed by atoms with van der Waals surface area (Å²) in [6.07, 6.45) is 0.504. The van der Waals surface area contributed by atoms with Crippen LogP contribution in [0.4, 0.5) is 0 Å². The summed E-state index contributed by atoms with van der Waals surface area (Å²) in [5.41, 5.74) is 2.87. The zero-order valence-corrected chi connectivity index (χ0v) is 11.3. The van der Waals surface area contributed by atoms with Gasteiger partial charge in [-0.2, -0.15) is 0 Å². The molecule has 0 saturated carbocycles. The molecule has 0 spiro atoms. The fourth-order valence-corrected chi connectivity index (χ4v) is 2.19. The number of rotatable bonds is 1. The van der Waals surface area contributed by atoms with Crippen molar-refractivity contribution in [1.29, 1.82) is 0 Å². The van der Waals surface area contributed by atoms with Crippen molar-refractivity contribution in [3.63, 3.8) is 0 Å². The van der Waals surface area contributed by atoms with Crippen LogP contribution in [-0.2, 0) is 10.2 Å². The molecule has 0 amide bonds. The Kier molecular flexibility index (Phi) is 3.55. The van der Waals surface area contributed by atoms with Crippen molar-refractivity contribution in [2.45, 2.75) is 45.3 Å². The second-order valence-corrected chi connectivity index (χ2v) is 5.97. The van der Waals surface area contributed by atoms with E-state index in [-0.39, 0.29) is 11.5 Å². The standard InChI is InChI=1S/C15H23NO/c1-11-9-16-10-14(17-11)12-5-7-13(8-6-12)15(2,3)4/h5-8,11,14,16H,9-10H2,1-4H3. The fraction of sp³-hybridized carbons (Fsp3) is 0.600. The topological polar surface area (TPSA) is 21.3 Å². The van der Waals surface area contributed by atoms with E-state index in [1.165, 1.54) is 11.1 Å². The third-order valence-corrected chi connectivity index (χ3v) is 3.31. The molecule has 2 unspecified atom stereocenters. The molecule has 1 heterocycles.